The third-order valence-electron chi connectivity index (χ3n) is 5.20. The number of nitrogens with one attached hydrogen (secondary N) is 1. The molecule has 2 unspecified atom stereocenters. The molecule has 1 aliphatic heterocycles. The fourth-order valence-electron chi connectivity index (χ4n) is 3.77. The molecular formula is C22H26F3NO2. The van der Waals surface area contributed by atoms with Gasteiger partial charge >= 0.3 is 6.18 Å². The normalized spacial score (nSPS) is 19.9. The molecule has 2 aromatic rings. The molecule has 0 aromatic heterocycles. The minimum absolute atomic E-state index is 0.0297. The van der Waals surface area contributed by atoms with Gasteiger partial charge in [0.2, 0.25) is 0 Å². The maximum atomic E-state index is 12.7. The molecule has 0 spiro atoms. The number of rotatable bonds is 7. The van der Waals surface area contributed by atoms with Crippen LogP contribution in [-0.2, 0) is 11.2 Å². The van der Waals surface area contributed by atoms with Crippen molar-refractivity contribution in [3.63, 3.8) is 0 Å². The number of hydrogen-bond donors (Lipinski definition) is 2. The first kappa shape index (κ1) is 20.8. The highest BCUT2D eigenvalue weighted by atomic mass is 19.4. The molecule has 1 aliphatic rings. The molecule has 1 saturated heterocycles. The molecule has 0 amide bonds. The molecule has 0 bridgehead atoms. The van der Waals surface area contributed by atoms with Gasteiger partial charge in [-0.2, -0.15) is 13.2 Å². The number of aliphatic hydroxyl groups is 1. The minimum Gasteiger partial charge on any atom is -0.387 e. The van der Waals surface area contributed by atoms with Gasteiger partial charge in [0.25, 0.3) is 0 Å². The van der Waals surface area contributed by atoms with Crippen molar-refractivity contribution in [3.05, 3.63) is 60.2 Å². The molecular weight excluding hydrogens is 367 g/mol. The zero-order valence-electron chi connectivity index (χ0n) is 15.7. The van der Waals surface area contributed by atoms with Crippen LogP contribution in [0.5, 0.6) is 0 Å². The lowest BCUT2D eigenvalue weighted by molar-refractivity contribution is -0.148. The number of alkyl halides is 3. The first-order valence-electron chi connectivity index (χ1n) is 9.62. The molecule has 152 valence electrons. The van der Waals surface area contributed by atoms with Gasteiger partial charge in [-0.05, 0) is 29.5 Å². The van der Waals surface area contributed by atoms with Crippen LogP contribution in [0.1, 0.15) is 24.8 Å². The predicted molar refractivity (Wildman–Crippen MR) is 103 cm³/mol. The van der Waals surface area contributed by atoms with E-state index in [4.69, 9.17) is 4.74 Å². The molecule has 2 N–H and O–H groups in total. The van der Waals surface area contributed by atoms with Crippen LogP contribution in [0.25, 0.3) is 11.1 Å². The van der Waals surface area contributed by atoms with Gasteiger partial charge in [0.05, 0.1) is 18.3 Å². The van der Waals surface area contributed by atoms with E-state index in [0.29, 0.717) is 19.7 Å². The van der Waals surface area contributed by atoms with E-state index >= 15 is 0 Å². The van der Waals surface area contributed by atoms with Gasteiger partial charge in [-0.15, -0.1) is 0 Å². The highest BCUT2D eigenvalue weighted by Crippen LogP contribution is 2.33. The Balaban J connectivity index is 1.85. The van der Waals surface area contributed by atoms with Crippen LogP contribution < -0.4 is 5.32 Å². The number of benzene rings is 2. The zero-order valence-corrected chi connectivity index (χ0v) is 15.7. The Bertz CT molecular complexity index is 745. The fourth-order valence-corrected chi connectivity index (χ4v) is 3.77. The molecule has 3 nitrogen and oxygen atoms in total. The van der Waals surface area contributed by atoms with E-state index in [2.05, 4.69) is 5.32 Å². The van der Waals surface area contributed by atoms with Crippen molar-refractivity contribution in [2.75, 3.05) is 19.7 Å². The summed E-state index contributed by atoms with van der Waals surface area (Å²) in [6, 6.07) is 17.5. The summed E-state index contributed by atoms with van der Waals surface area (Å²) in [4.78, 5) is 0. The Hall–Kier alpha value is -1.89. The summed E-state index contributed by atoms with van der Waals surface area (Å²) < 4.78 is 43.7. The van der Waals surface area contributed by atoms with Gasteiger partial charge in [0.1, 0.15) is 0 Å². The van der Waals surface area contributed by atoms with E-state index in [9.17, 15) is 18.3 Å². The van der Waals surface area contributed by atoms with E-state index in [0.717, 1.165) is 16.7 Å². The van der Waals surface area contributed by atoms with Crippen LogP contribution in [-0.4, -0.2) is 42.7 Å². The molecule has 6 heteroatoms. The van der Waals surface area contributed by atoms with Gasteiger partial charge in [-0.3, -0.25) is 0 Å². The lowest BCUT2D eigenvalue weighted by Gasteiger charge is -2.39. The molecule has 0 saturated carbocycles. The standard InChI is InChI=1S/C22H26F3NO2/c23-22(24,25)12-6-11-21(27,20-16-26-13-14-28-20)15-18-9-4-5-10-19(18)17-7-2-1-3-8-17/h1-5,7-10,20,26-27H,6,11-16H2. The zero-order chi connectivity index (χ0) is 20.0. The largest absolute Gasteiger partial charge is 0.389 e. The molecule has 28 heavy (non-hydrogen) atoms. The Morgan fingerprint density at radius 2 is 1.71 bits per heavy atom. The van der Waals surface area contributed by atoms with Crippen molar-refractivity contribution >= 4 is 0 Å². The third kappa shape index (κ3) is 5.56. The van der Waals surface area contributed by atoms with Crippen molar-refractivity contribution in [2.24, 2.45) is 0 Å². The van der Waals surface area contributed by atoms with Gasteiger partial charge in [-0.25, -0.2) is 0 Å². The average molecular weight is 393 g/mol. The summed E-state index contributed by atoms with van der Waals surface area (Å²) in [5, 5.41) is 14.6. The molecule has 2 atom stereocenters. The highest BCUT2D eigenvalue weighted by molar-refractivity contribution is 5.67. The second kappa shape index (κ2) is 9.07. The van der Waals surface area contributed by atoms with Crippen molar-refractivity contribution < 1.29 is 23.0 Å². The number of hydrogen-bond acceptors (Lipinski definition) is 3. The second-order valence-corrected chi connectivity index (χ2v) is 7.34. The van der Waals surface area contributed by atoms with Crippen molar-refractivity contribution in [3.8, 4) is 11.1 Å². The molecule has 0 aliphatic carbocycles. The summed E-state index contributed by atoms with van der Waals surface area (Å²) >= 11 is 0. The van der Waals surface area contributed by atoms with E-state index in [-0.39, 0.29) is 19.3 Å². The molecule has 2 aromatic carbocycles. The maximum absolute atomic E-state index is 12.7. The molecule has 3 rings (SSSR count). The van der Waals surface area contributed by atoms with Gasteiger partial charge < -0.3 is 15.2 Å². The van der Waals surface area contributed by atoms with Crippen LogP contribution in [0.15, 0.2) is 54.6 Å². The topological polar surface area (TPSA) is 41.5 Å². The van der Waals surface area contributed by atoms with Gasteiger partial charge in [-0.1, -0.05) is 54.6 Å². The van der Waals surface area contributed by atoms with Crippen molar-refractivity contribution in [1.29, 1.82) is 0 Å². The monoisotopic (exact) mass is 393 g/mol. The van der Waals surface area contributed by atoms with Crippen LogP contribution in [0, 0.1) is 0 Å². The predicted octanol–water partition coefficient (Wildman–Crippen LogP) is 4.35. The van der Waals surface area contributed by atoms with Crippen molar-refractivity contribution in [1.82, 2.24) is 5.32 Å². The Kier molecular flexibility index (Phi) is 6.75. The quantitative estimate of drug-likeness (QED) is 0.735. The smallest absolute Gasteiger partial charge is 0.387 e. The van der Waals surface area contributed by atoms with E-state index in [1.165, 1.54) is 0 Å². The number of morpholine rings is 1. The number of ether oxygens (including phenoxy) is 1. The number of halogens is 3. The molecule has 1 heterocycles. The first-order chi connectivity index (χ1) is 13.4. The summed E-state index contributed by atoms with van der Waals surface area (Å²) in [5.41, 5.74) is 1.51. The third-order valence-corrected chi connectivity index (χ3v) is 5.20. The Morgan fingerprint density at radius 1 is 1.00 bits per heavy atom. The summed E-state index contributed by atoms with van der Waals surface area (Å²) in [6.07, 6.45) is -5.54. The first-order valence-corrected chi connectivity index (χ1v) is 9.62. The van der Waals surface area contributed by atoms with Crippen LogP contribution in [0.3, 0.4) is 0 Å². The fraction of sp³-hybridized carbons (Fsp3) is 0.455. The average Bonchev–Trinajstić information content (AvgIpc) is 2.69. The second-order valence-electron chi connectivity index (χ2n) is 7.34. The van der Waals surface area contributed by atoms with Crippen LogP contribution in [0.4, 0.5) is 13.2 Å². The van der Waals surface area contributed by atoms with Crippen LogP contribution in [0.2, 0.25) is 0 Å². The van der Waals surface area contributed by atoms with Gasteiger partial charge in [0, 0.05) is 25.9 Å². The molecule has 1 fully saturated rings. The van der Waals surface area contributed by atoms with Gasteiger partial charge in [0.15, 0.2) is 0 Å². The Labute approximate surface area is 163 Å². The summed E-state index contributed by atoms with van der Waals surface area (Å²) in [7, 11) is 0. The van der Waals surface area contributed by atoms with Crippen molar-refractivity contribution in [2.45, 2.75) is 43.6 Å². The summed E-state index contributed by atoms with van der Waals surface area (Å²) in [6.45, 7) is 1.54. The highest BCUT2D eigenvalue weighted by Gasteiger charge is 2.40. The maximum Gasteiger partial charge on any atom is 0.389 e. The van der Waals surface area contributed by atoms with E-state index in [1.807, 2.05) is 54.6 Å². The van der Waals surface area contributed by atoms with Crippen LogP contribution >= 0.6 is 0 Å². The lowest BCUT2D eigenvalue weighted by Crippen LogP contribution is -2.54. The summed E-state index contributed by atoms with van der Waals surface area (Å²) in [5.74, 6) is 0. The lowest BCUT2D eigenvalue weighted by atomic mass is 9.81. The minimum atomic E-state index is -4.23. The molecule has 0 radical (unpaired) electrons. The Morgan fingerprint density at radius 3 is 2.39 bits per heavy atom. The van der Waals surface area contributed by atoms with E-state index < -0.39 is 24.3 Å². The SMILES string of the molecule is OC(CCCC(F)(F)F)(Cc1ccccc1-c1ccccc1)C1CNCCO1. The van der Waals surface area contributed by atoms with E-state index in [1.54, 1.807) is 0 Å².